The maximum Gasteiger partial charge on any atom is 0.118 e. The van der Waals surface area contributed by atoms with Gasteiger partial charge in [0.1, 0.15) is 5.71 Å². The maximum absolute atomic E-state index is 9.47. The third-order valence-electron chi connectivity index (χ3n) is 3.57. The fraction of sp³-hybridized carbons (Fsp3) is 0.111. The Labute approximate surface area is 133 Å². The summed E-state index contributed by atoms with van der Waals surface area (Å²) in [5, 5.41) is 17.3. The standard InChI is InChI=1S/C18H16N2OS/c21-20-18(16-5-3-10-19-12-16)17-6-2-1-4-15(17)8-7-14-9-11-22-13-14/h1-6,9-13,21H,7-8H2. The van der Waals surface area contributed by atoms with E-state index in [0.717, 1.165) is 24.0 Å². The zero-order chi connectivity index (χ0) is 15.2. The number of hydrogen-bond acceptors (Lipinski definition) is 4. The fourth-order valence-electron chi connectivity index (χ4n) is 2.45. The second kappa shape index (κ2) is 7.00. The molecule has 1 N–H and O–H groups in total. The normalized spacial score (nSPS) is 11.5. The van der Waals surface area contributed by atoms with Crippen LogP contribution in [0, 0.1) is 0 Å². The van der Waals surface area contributed by atoms with E-state index in [1.165, 1.54) is 11.1 Å². The number of nitrogens with zero attached hydrogens (tertiary/aromatic N) is 2. The van der Waals surface area contributed by atoms with E-state index in [0.29, 0.717) is 5.71 Å². The number of rotatable bonds is 5. The highest BCUT2D eigenvalue weighted by atomic mass is 32.1. The molecule has 2 aromatic heterocycles. The SMILES string of the molecule is ON=C(c1cccnc1)c1ccccc1CCc1ccsc1. The van der Waals surface area contributed by atoms with E-state index in [4.69, 9.17) is 0 Å². The number of hydrogen-bond donors (Lipinski definition) is 1. The Kier molecular flexibility index (Phi) is 4.61. The van der Waals surface area contributed by atoms with E-state index in [2.05, 4.69) is 33.0 Å². The molecule has 3 aromatic rings. The summed E-state index contributed by atoms with van der Waals surface area (Å²) < 4.78 is 0. The van der Waals surface area contributed by atoms with Crippen LogP contribution < -0.4 is 0 Å². The summed E-state index contributed by atoms with van der Waals surface area (Å²) >= 11 is 1.71. The van der Waals surface area contributed by atoms with Gasteiger partial charge in [0.15, 0.2) is 0 Å². The molecular weight excluding hydrogens is 292 g/mol. The van der Waals surface area contributed by atoms with E-state index in [1.54, 1.807) is 23.7 Å². The van der Waals surface area contributed by atoms with Crippen LogP contribution in [0.5, 0.6) is 0 Å². The zero-order valence-corrected chi connectivity index (χ0v) is 12.8. The lowest BCUT2D eigenvalue weighted by Crippen LogP contribution is -2.08. The highest BCUT2D eigenvalue weighted by Gasteiger charge is 2.12. The number of benzene rings is 1. The summed E-state index contributed by atoms with van der Waals surface area (Å²) in [6.45, 7) is 0. The van der Waals surface area contributed by atoms with Gasteiger partial charge in [-0.3, -0.25) is 4.98 Å². The Morgan fingerprint density at radius 1 is 1.09 bits per heavy atom. The molecule has 3 rings (SSSR count). The van der Waals surface area contributed by atoms with Gasteiger partial charge < -0.3 is 5.21 Å². The molecule has 0 bridgehead atoms. The summed E-state index contributed by atoms with van der Waals surface area (Å²) in [6, 6.07) is 13.9. The van der Waals surface area contributed by atoms with Crippen molar-refractivity contribution in [3.8, 4) is 0 Å². The minimum absolute atomic E-state index is 0.564. The minimum atomic E-state index is 0.564. The summed E-state index contributed by atoms with van der Waals surface area (Å²) in [5.74, 6) is 0. The van der Waals surface area contributed by atoms with Gasteiger partial charge in [0.2, 0.25) is 0 Å². The highest BCUT2D eigenvalue weighted by Crippen LogP contribution is 2.18. The third kappa shape index (κ3) is 3.23. The maximum atomic E-state index is 9.47. The van der Waals surface area contributed by atoms with E-state index in [9.17, 15) is 5.21 Å². The average Bonchev–Trinajstić information content (AvgIpc) is 3.09. The van der Waals surface area contributed by atoms with Crippen LogP contribution in [0.4, 0.5) is 0 Å². The summed E-state index contributed by atoms with van der Waals surface area (Å²) in [6.07, 6.45) is 5.31. The average molecular weight is 308 g/mol. The molecule has 0 radical (unpaired) electrons. The molecule has 0 saturated heterocycles. The predicted molar refractivity (Wildman–Crippen MR) is 89.8 cm³/mol. The molecule has 2 heterocycles. The van der Waals surface area contributed by atoms with Crippen LogP contribution in [0.15, 0.2) is 70.8 Å². The molecule has 0 saturated carbocycles. The predicted octanol–water partition coefficient (Wildman–Crippen LogP) is 4.15. The van der Waals surface area contributed by atoms with Crippen LogP contribution >= 0.6 is 11.3 Å². The molecule has 0 amide bonds. The molecule has 0 spiro atoms. The lowest BCUT2D eigenvalue weighted by atomic mass is 9.95. The molecule has 4 heteroatoms. The molecule has 110 valence electrons. The first-order valence-electron chi connectivity index (χ1n) is 7.10. The van der Waals surface area contributed by atoms with E-state index in [1.807, 2.05) is 30.3 Å². The van der Waals surface area contributed by atoms with E-state index < -0.39 is 0 Å². The van der Waals surface area contributed by atoms with Crippen LogP contribution in [0.3, 0.4) is 0 Å². The van der Waals surface area contributed by atoms with Gasteiger partial charge in [-0.25, -0.2) is 0 Å². The lowest BCUT2D eigenvalue weighted by Gasteiger charge is -2.10. The summed E-state index contributed by atoms with van der Waals surface area (Å²) in [4.78, 5) is 4.10. The number of aromatic nitrogens is 1. The smallest absolute Gasteiger partial charge is 0.118 e. The van der Waals surface area contributed by atoms with Crippen molar-refractivity contribution < 1.29 is 5.21 Å². The monoisotopic (exact) mass is 308 g/mol. The first-order valence-corrected chi connectivity index (χ1v) is 8.04. The van der Waals surface area contributed by atoms with Crippen molar-refractivity contribution in [1.82, 2.24) is 4.98 Å². The molecule has 0 fully saturated rings. The Morgan fingerprint density at radius 2 is 2.00 bits per heavy atom. The first kappa shape index (κ1) is 14.5. The Bertz CT molecular complexity index is 752. The molecular formula is C18H16N2OS. The number of thiophene rings is 1. The van der Waals surface area contributed by atoms with Crippen LogP contribution in [-0.2, 0) is 12.8 Å². The van der Waals surface area contributed by atoms with Crippen molar-refractivity contribution in [3.63, 3.8) is 0 Å². The molecule has 22 heavy (non-hydrogen) atoms. The third-order valence-corrected chi connectivity index (χ3v) is 4.30. The van der Waals surface area contributed by atoms with Crippen molar-refractivity contribution in [2.75, 3.05) is 0 Å². The highest BCUT2D eigenvalue weighted by molar-refractivity contribution is 7.07. The molecule has 3 nitrogen and oxygen atoms in total. The number of aryl methyl sites for hydroxylation is 2. The molecule has 1 aromatic carbocycles. The van der Waals surface area contributed by atoms with Crippen LogP contribution in [0.25, 0.3) is 0 Å². The summed E-state index contributed by atoms with van der Waals surface area (Å²) in [5.41, 5.74) is 4.84. The van der Waals surface area contributed by atoms with Crippen molar-refractivity contribution in [3.05, 3.63) is 87.9 Å². The van der Waals surface area contributed by atoms with E-state index >= 15 is 0 Å². The van der Waals surface area contributed by atoms with Crippen LogP contribution in [-0.4, -0.2) is 15.9 Å². The lowest BCUT2D eigenvalue weighted by molar-refractivity contribution is 0.319. The van der Waals surface area contributed by atoms with Gasteiger partial charge in [-0.2, -0.15) is 11.3 Å². The zero-order valence-electron chi connectivity index (χ0n) is 12.0. The van der Waals surface area contributed by atoms with Gasteiger partial charge >= 0.3 is 0 Å². The van der Waals surface area contributed by atoms with Crippen molar-refractivity contribution in [2.24, 2.45) is 5.16 Å². The second-order valence-electron chi connectivity index (χ2n) is 4.98. The van der Waals surface area contributed by atoms with Gasteiger partial charge in [0.25, 0.3) is 0 Å². The largest absolute Gasteiger partial charge is 0.410 e. The van der Waals surface area contributed by atoms with Crippen LogP contribution in [0.1, 0.15) is 22.3 Å². The molecule has 0 unspecified atom stereocenters. The minimum Gasteiger partial charge on any atom is -0.410 e. The quantitative estimate of drug-likeness (QED) is 0.437. The van der Waals surface area contributed by atoms with Gasteiger partial charge in [-0.15, -0.1) is 0 Å². The number of pyridine rings is 1. The second-order valence-corrected chi connectivity index (χ2v) is 5.76. The Balaban J connectivity index is 1.90. The van der Waals surface area contributed by atoms with Gasteiger partial charge in [-0.05, 0) is 52.9 Å². The molecule has 0 aliphatic carbocycles. The molecule has 0 aliphatic heterocycles. The first-order chi connectivity index (χ1) is 10.9. The van der Waals surface area contributed by atoms with Gasteiger partial charge in [-0.1, -0.05) is 29.4 Å². The van der Waals surface area contributed by atoms with E-state index in [-0.39, 0.29) is 0 Å². The van der Waals surface area contributed by atoms with Crippen LogP contribution in [0.2, 0.25) is 0 Å². The van der Waals surface area contributed by atoms with Crippen molar-refractivity contribution in [2.45, 2.75) is 12.8 Å². The fourth-order valence-corrected chi connectivity index (χ4v) is 3.16. The molecule has 0 aliphatic rings. The van der Waals surface area contributed by atoms with Crippen molar-refractivity contribution >= 4 is 17.0 Å². The van der Waals surface area contributed by atoms with Crippen molar-refractivity contribution in [1.29, 1.82) is 0 Å². The summed E-state index contributed by atoms with van der Waals surface area (Å²) in [7, 11) is 0. The molecule has 0 atom stereocenters. The van der Waals surface area contributed by atoms with Gasteiger partial charge in [0, 0.05) is 23.5 Å². The Hall–Kier alpha value is -2.46. The number of oxime groups is 1. The topological polar surface area (TPSA) is 45.5 Å². The van der Waals surface area contributed by atoms with Gasteiger partial charge in [0.05, 0.1) is 0 Å². The Morgan fingerprint density at radius 3 is 2.73 bits per heavy atom.